The normalized spacial score (nSPS) is 12.0. The number of benzene rings is 1. The Morgan fingerprint density at radius 2 is 1.85 bits per heavy atom. The predicted molar refractivity (Wildman–Crippen MR) is 80.1 cm³/mol. The average Bonchev–Trinajstić information content (AvgIpc) is 2.39. The van der Waals surface area contributed by atoms with E-state index in [1.807, 2.05) is 7.05 Å². The molecule has 114 valence electrons. The summed E-state index contributed by atoms with van der Waals surface area (Å²) < 4.78 is 31.9. The lowest BCUT2D eigenvalue weighted by Crippen LogP contribution is -2.27. The lowest BCUT2D eigenvalue weighted by atomic mass is 10.2. The summed E-state index contributed by atoms with van der Waals surface area (Å²) in [5.74, 6) is 0.450. The number of rotatable bonds is 9. The summed E-state index contributed by atoms with van der Waals surface area (Å²) in [5.41, 5.74) is 1.05. The van der Waals surface area contributed by atoms with Crippen LogP contribution in [0.5, 0.6) is 0 Å². The van der Waals surface area contributed by atoms with Crippen LogP contribution in [0.15, 0.2) is 29.2 Å². The van der Waals surface area contributed by atoms with Crippen molar-refractivity contribution in [2.24, 2.45) is 5.92 Å². The highest BCUT2D eigenvalue weighted by Crippen LogP contribution is 2.10. The van der Waals surface area contributed by atoms with E-state index < -0.39 is 10.0 Å². The number of sulfonamides is 1. The predicted octanol–water partition coefficient (Wildman–Crippen LogP) is 1.36. The second-order valence-corrected chi connectivity index (χ2v) is 6.81. The first-order valence-electron chi connectivity index (χ1n) is 6.76. The van der Waals surface area contributed by atoms with Gasteiger partial charge in [-0.3, -0.25) is 0 Å². The van der Waals surface area contributed by atoms with Crippen LogP contribution in [0.2, 0.25) is 0 Å². The van der Waals surface area contributed by atoms with E-state index in [4.69, 9.17) is 4.74 Å². The van der Waals surface area contributed by atoms with E-state index in [1.54, 1.807) is 24.3 Å². The topological polar surface area (TPSA) is 67.4 Å². The van der Waals surface area contributed by atoms with E-state index >= 15 is 0 Å². The molecule has 0 saturated carbocycles. The van der Waals surface area contributed by atoms with Gasteiger partial charge in [-0.2, -0.15) is 0 Å². The van der Waals surface area contributed by atoms with Gasteiger partial charge in [-0.1, -0.05) is 26.0 Å². The molecule has 0 saturated heterocycles. The highest BCUT2D eigenvalue weighted by molar-refractivity contribution is 7.89. The van der Waals surface area contributed by atoms with Crippen LogP contribution < -0.4 is 10.0 Å². The van der Waals surface area contributed by atoms with Crippen molar-refractivity contribution in [2.75, 3.05) is 26.8 Å². The zero-order valence-electron chi connectivity index (χ0n) is 12.3. The van der Waals surface area contributed by atoms with Crippen molar-refractivity contribution in [1.29, 1.82) is 0 Å². The van der Waals surface area contributed by atoms with Gasteiger partial charge in [-0.05, 0) is 30.7 Å². The Kier molecular flexibility index (Phi) is 7.15. The van der Waals surface area contributed by atoms with E-state index in [1.165, 1.54) is 0 Å². The van der Waals surface area contributed by atoms with Crippen molar-refractivity contribution in [3.8, 4) is 0 Å². The van der Waals surface area contributed by atoms with Crippen molar-refractivity contribution in [1.82, 2.24) is 10.0 Å². The van der Waals surface area contributed by atoms with Crippen LogP contribution in [0.3, 0.4) is 0 Å². The Morgan fingerprint density at radius 1 is 1.20 bits per heavy atom. The van der Waals surface area contributed by atoms with Crippen LogP contribution >= 0.6 is 0 Å². The van der Waals surface area contributed by atoms with Crippen molar-refractivity contribution >= 4 is 10.0 Å². The zero-order chi connectivity index (χ0) is 15.0. The van der Waals surface area contributed by atoms with Gasteiger partial charge >= 0.3 is 0 Å². The lowest BCUT2D eigenvalue weighted by molar-refractivity contribution is 0.114. The number of hydrogen-bond acceptors (Lipinski definition) is 4. The first-order valence-corrected chi connectivity index (χ1v) is 8.25. The van der Waals surface area contributed by atoms with Gasteiger partial charge in [0.15, 0.2) is 0 Å². The highest BCUT2D eigenvalue weighted by Gasteiger charge is 2.12. The molecule has 0 bridgehead atoms. The maximum atomic E-state index is 12.0. The summed E-state index contributed by atoms with van der Waals surface area (Å²) in [4.78, 5) is 0.279. The SMILES string of the molecule is CNCc1ccc(S(=O)(=O)NCCOCC(C)C)cc1. The molecule has 5 nitrogen and oxygen atoms in total. The molecule has 0 spiro atoms. The van der Waals surface area contributed by atoms with Crippen molar-refractivity contribution in [3.05, 3.63) is 29.8 Å². The first kappa shape index (κ1) is 17.1. The summed E-state index contributed by atoms with van der Waals surface area (Å²) in [5, 5.41) is 3.02. The van der Waals surface area contributed by atoms with Crippen LogP contribution in [-0.4, -0.2) is 35.2 Å². The van der Waals surface area contributed by atoms with Crippen molar-refractivity contribution in [2.45, 2.75) is 25.3 Å². The molecule has 0 radical (unpaired) electrons. The molecule has 0 amide bonds. The minimum atomic E-state index is -3.44. The van der Waals surface area contributed by atoms with E-state index in [0.29, 0.717) is 19.1 Å². The minimum absolute atomic E-state index is 0.279. The number of ether oxygens (including phenoxy) is 1. The third kappa shape index (κ3) is 6.00. The van der Waals surface area contributed by atoms with Gasteiger partial charge < -0.3 is 10.1 Å². The molecule has 0 aliphatic carbocycles. The monoisotopic (exact) mass is 300 g/mol. The maximum absolute atomic E-state index is 12.0. The van der Waals surface area contributed by atoms with Crippen molar-refractivity contribution in [3.63, 3.8) is 0 Å². The molecule has 2 N–H and O–H groups in total. The molecule has 1 aromatic carbocycles. The fraction of sp³-hybridized carbons (Fsp3) is 0.571. The van der Waals surface area contributed by atoms with E-state index in [-0.39, 0.29) is 11.4 Å². The van der Waals surface area contributed by atoms with Crippen LogP contribution in [0.1, 0.15) is 19.4 Å². The quantitative estimate of drug-likeness (QED) is 0.676. The van der Waals surface area contributed by atoms with Gasteiger partial charge in [0.2, 0.25) is 10.0 Å². The third-order valence-corrected chi connectivity index (χ3v) is 4.08. The van der Waals surface area contributed by atoms with Crippen molar-refractivity contribution < 1.29 is 13.2 Å². The average molecular weight is 300 g/mol. The van der Waals surface area contributed by atoms with Gasteiger partial charge in [0.05, 0.1) is 11.5 Å². The summed E-state index contributed by atoms with van der Waals surface area (Å²) in [6.45, 7) is 6.13. The molecule has 0 unspecified atom stereocenters. The fourth-order valence-electron chi connectivity index (χ4n) is 1.64. The Balaban J connectivity index is 2.47. The Bertz CT molecular complexity index is 484. The second kappa shape index (κ2) is 8.36. The molecule has 0 aliphatic heterocycles. The highest BCUT2D eigenvalue weighted by atomic mass is 32.2. The summed E-state index contributed by atoms with van der Waals surface area (Å²) in [6.07, 6.45) is 0. The molecule has 20 heavy (non-hydrogen) atoms. The third-order valence-electron chi connectivity index (χ3n) is 2.60. The zero-order valence-corrected chi connectivity index (χ0v) is 13.2. The molecule has 0 heterocycles. The Hall–Kier alpha value is -0.950. The lowest BCUT2D eigenvalue weighted by Gasteiger charge is -2.09. The van der Waals surface area contributed by atoms with Gasteiger partial charge in [-0.25, -0.2) is 13.1 Å². The van der Waals surface area contributed by atoms with Crippen LogP contribution in [-0.2, 0) is 21.3 Å². The van der Waals surface area contributed by atoms with Gasteiger partial charge in [0.1, 0.15) is 0 Å². The van der Waals surface area contributed by atoms with Gasteiger partial charge in [0, 0.05) is 19.7 Å². The smallest absolute Gasteiger partial charge is 0.240 e. The molecule has 6 heteroatoms. The molecule has 1 rings (SSSR count). The molecule has 0 aromatic heterocycles. The first-order chi connectivity index (χ1) is 9.45. The van der Waals surface area contributed by atoms with E-state index in [0.717, 1.165) is 12.1 Å². The van der Waals surface area contributed by atoms with Crippen LogP contribution in [0.25, 0.3) is 0 Å². The second-order valence-electron chi connectivity index (χ2n) is 5.04. The molecule has 0 atom stereocenters. The van der Waals surface area contributed by atoms with Gasteiger partial charge in [-0.15, -0.1) is 0 Å². The van der Waals surface area contributed by atoms with E-state index in [9.17, 15) is 8.42 Å². The molecule has 0 fully saturated rings. The fourth-order valence-corrected chi connectivity index (χ4v) is 2.65. The molecule has 0 aliphatic rings. The largest absolute Gasteiger partial charge is 0.380 e. The molecular formula is C14H24N2O3S. The standard InChI is InChI=1S/C14H24N2O3S/c1-12(2)11-19-9-8-16-20(17,18)14-6-4-13(5-7-14)10-15-3/h4-7,12,15-16H,8-11H2,1-3H3. The molecule has 1 aromatic rings. The summed E-state index contributed by atoms with van der Waals surface area (Å²) in [6, 6.07) is 6.84. The Morgan fingerprint density at radius 3 is 2.40 bits per heavy atom. The summed E-state index contributed by atoms with van der Waals surface area (Å²) >= 11 is 0. The number of hydrogen-bond donors (Lipinski definition) is 2. The van der Waals surface area contributed by atoms with E-state index in [2.05, 4.69) is 23.9 Å². The minimum Gasteiger partial charge on any atom is -0.380 e. The van der Waals surface area contributed by atoms with Gasteiger partial charge in [0.25, 0.3) is 0 Å². The number of nitrogens with one attached hydrogen (secondary N) is 2. The maximum Gasteiger partial charge on any atom is 0.240 e. The van der Waals surface area contributed by atoms with Crippen LogP contribution in [0.4, 0.5) is 0 Å². The van der Waals surface area contributed by atoms with Crippen LogP contribution in [0, 0.1) is 5.92 Å². The Labute approximate surface area is 121 Å². The summed E-state index contributed by atoms with van der Waals surface area (Å²) in [7, 11) is -1.59. The molecular weight excluding hydrogens is 276 g/mol.